The minimum atomic E-state index is -0.755. The third kappa shape index (κ3) is 5.12. The molecular weight excluding hydrogens is 463 g/mol. The molecule has 2 heterocycles. The van der Waals surface area contributed by atoms with Crippen molar-refractivity contribution in [2.75, 3.05) is 26.7 Å². The number of amides is 3. The molecule has 0 radical (unpaired) electrons. The molecule has 2 aliphatic rings. The molecule has 4 rings (SSSR count). The normalized spacial score (nSPS) is 16.9. The van der Waals surface area contributed by atoms with Gasteiger partial charge in [0.2, 0.25) is 5.91 Å². The van der Waals surface area contributed by atoms with Crippen LogP contribution in [0.5, 0.6) is 11.5 Å². The smallest absolute Gasteiger partial charge is 0.343 e. The Balaban J connectivity index is 1.48. The molecule has 0 aliphatic carbocycles. The van der Waals surface area contributed by atoms with Gasteiger partial charge in [0.05, 0.1) is 17.6 Å². The van der Waals surface area contributed by atoms with Crippen LogP contribution in [0.15, 0.2) is 47.4 Å². The molecule has 0 atom stereocenters. The van der Waals surface area contributed by atoms with Crippen LogP contribution in [0.1, 0.15) is 28.8 Å². The average molecular weight is 485 g/mol. The third-order valence-corrected chi connectivity index (χ3v) is 6.28. The van der Waals surface area contributed by atoms with Crippen LogP contribution >= 0.6 is 11.8 Å². The first-order chi connectivity index (χ1) is 16.4. The predicted molar refractivity (Wildman–Crippen MR) is 123 cm³/mol. The van der Waals surface area contributed by atoms with Crippen molar-refractivity contribution >= 4 is 40.9 Å². The van der Waals surface area contributed by atoms with E-state index in [1.807, 2.05) is 0 Å². The number of esters is 1. The summed E-state index contributed by atoms with van der Waals surface area (Å²) in [7, 11) is 1.39. The summed E-state index contributed by atoms with van der Waals surface area (Å²) in [6.07, 6.45) is 3.34. The number of thioether (sulfide) groups is 1. The molecule has 3 amide bonds. The van der Waals surface area contributed by atoms with E-state index in [0.717, 1.165) is 35.6 Å². The second-order valence-electron chi connectivity index (χ2n) is 7.67. The maximum absolute atomic E-state index is 13.4. The van der Waals surface area contributed by atoms with Crippen molar-refractivity contribution in [3.05, 3.63) is 64.3 Å². The Kier molecular flexibility index (Phi) is 6.97. The molecule has 2 aromatic carbocycles. The number of likely N-dealkylation sites (tertiary alicyclic amines) is 1. The first-order valence-electron chi connectivity index (χ1n) is 10.5. The summed E-state index contributed by atoms with van der Waals surface area (Å²) in [6.45, 7) is 1.00. The summed E-state index contributed by atoms with van der Waals surface area (Å²) >= 11 is 0.754. The van der Waals surface area contributed by atoms with Crippen molar-refractivity contribution in [3.8, 4) is 11.5 Å². The highest BCUT2D eigenvalue weighted by atomic mass is 32.2. The van der Waals surface area contributed by atoms with E-state index in [1.54, 1.807) is 11.0 Å². The van der Waals surface area contributed by atoms with Gasteiger partial charge in [-0.05, 0) is 66.6 Å². The third-order valence-electron chi connectivity index (χ3n) is 5.37. The van der Waals surface area contributed by atoms with Gasteiger partial charge < -0.3 is 14.4 Å². The Morgan fingerprint density at radius 3 is 2.56 bits per heavy atom. The van der Waals surface area contributed by atoms with E-state index in [-0.39, 0.29) is 34.4 Å². The van der Waals surface area contributed by atoms with Crippen molar-refractivity contribution in [2.45, 2.75) is 12.8 Å². The largest absolute Gasteiger partial charge is 0.493 e. The number of nitrogens with zero attached hydrogens (tertiary/aromatic N) is 2. The van der Waals surface area contributed by atoms with Gasteiger partial charge in [-0.15, -0.1) is 0 Å². The lowest BCUT2D eigenvalue weighted by molar-refractivity contribution is -0.135. The van der Waals surface area contributed by atoms with E-state index >= 15 is 0 Å². The Hall–Kier alpha value is -3.66. The highest BCUT2D eigenvalue weighted by Crippen LogP contribution is 2.35. The van der Waals surface area contributed by atoms with Crippen LogP contribution in [0.25, 0.3) is 6.08 Å². The second-order valence-corrected chi connectivity index (χ2v) is 8.66. The lowest BCUT2D eigenvalue weighted by atomic mass is 10.1. The van der Waals surface area contributed by atoms with Gasteiger partial charge in [-0.2, -0.15) is 0 Å². The van der Waals surface area contributed by atoms with Crippen molar-refractivity contribution in [2.24, 2.45) is 0 Å². The van der Waals surface area contributed by atoms with Crippen LogP contribution in [-0.2, 0) is 9.59 Å². The van der Waals surface area contributed by atoms with E-state index in [0.29, 0.717) is 18.7 Å². The lowest BCUT2D eigenvalue weighted by Crippen LogP contribution is -2.40. The van der Waals surface area contributed by atoms with Gasteiger partial charge in [-0.1, -0.05) is 12.1 Å². The van der Waals surface area contributed by atoms with Crippen LogP contribution in [0.3, 0.4) is 0 Å². The van der Waals surface area contributed by atoms with Gasteiger partial charge in [0.25, 0.3) is 11.1 Å². The van der Waals surface area contributed by atoms with Gasteiger partial charge >= 0.3 is 5.97 Å². The van der Waals surface area contributed by atoms with E-state index in [1.165, 1.54) is 43.5 Å². The number of carbonyl (C=O) groups excluding carboxylic acids is 4. The van der Waals surface area contributed by atoms with Gasteiger partial charge in [0, 0.05) is 13.1 Å². The number of benzene rings is 2. The molecule has 0 spiro atoms. The number of hydrogen-bond donors (Lipinski definition) is 0. The quantitative estimate of drug-likeness (QED) is 0.351. The number of hydrogen-bond acceptors (Lipinski definition) is 7. The van der Waals surface area contributed by atoms with Crippen molar-refractivity contribution in [1.82, 2.24) is 9.80 Å². The fourth-order valence-corrected chi connectivity index (χ4v) is 4.46. The Labute approximate surface area is 199 Å². The van der Waals surface area contributed by atoms with E-state index < -0.39 is 22.9 Å². The minimum absolute atomic E-state index is 0.0447. The van der Waals surface area contributed by atoms with Crippen LogP contribution in [0.2, 0.25) is 0 Å². The Morgan fingerprint density at radius 2 is 1.85 bits per heavy atom. The molecule has 0 aromatic heterocycles. The SMILES string of the molecule is COc1cc(/C=C2\SC(=O)N(CC(=O)N3CCCC3)C2=O)ccc1OC(=O)c1cccc(F)c1. The Morgan fingerprint density at radius 1 is 1.09 bits per heavy atom. The van der Waals surface area contributed by atoms with Crippen LogP contribution in [0.4, 0.5) is 9.18 Å². The van der Waals surface area contributed by atoms with E-state index in [4.69, 9.17) is 9.47 Å². The molecule has 0 bridgehead atoms. The monoisotopic (exact) mass is 484 g/mol. The van der Waals surface area contributed by atoms with Crippen molar-refractivity contribution in [3.63, 3.8) is 0 Å². The molecule has 0 unspecified atom stereocenters. The Bertz CT molecular complexity index is 1190. The van der Waals surface area contributed by atoms with E-state index in [2.05, 4.69) is 0 Å². The summed E-state index contributed by atoms with van der Waals surface area (Å²) in [5, 5.41) is -0.503. The fraction of sp³-hybridized carbons (Fsp3) is 0.250. The zero-order chi connectivity index (χ0) is 24.2. The number of ether oxygens (including phenoxy) is 2. The fourth-order valence-electron chi connectivity index (χ4n) is 3.62. The molecule has 10 heteroatoms. The van der Waals surface area contributed by atoms with Crippen LogP contribution in [-0.4, -0.2) is 59.6 Å². The zero-order valence-electron chi connectivity index (χ0n) is 18.3. The summed E-state index contributed by atoms with van der Waals surface area (Å²) in [6, 6.07) is 9.71. The van der Waals surface area contributed by atoms with E-state index in [9.17, 15) is 23.6 Å². The number of carbonyl (C=O) groups is 4. The number of imide groups is 1. The molecule has 8 nitrogen and oxygen atoms in total. The molecule has 34 heavy (non-hydrogen) atoms. The van der Waals surface area contributed by atoms with Gasteiger partial charge in [0.15, 0.2) is 11.5 Å². The topological polar surface area (TPSA) is 93.2 Å². The van der Waals surface area contributed by atoms with Gasteiger partial charge in [-0.3, -0.25) is 19.3 Å². The highest BCUT2D eigenvalue weighted by molar-refractivity contribution is 8.18. The predicted octanol–water partition coefficient (Wildman–Crippen LogP) is 3.71. The average Bonchev–Trinajstić information content (AvgIpc) is 3.45. The van der Waals surface area contributed by atoms with Crippen molar-refractivity contribution in [1.29, 1.82) is 0 Å². The summed E-state index contributed by atoms with van der Waals surface area (Å²) in [5.41, 5.74) is 0.571. The van der Waals surface area contributed by atoms with Gasteiger partial charge in [-0.25, -0.2) is 9.18 Å². The first kappa shape index (κ1) is 23.5. The minimum Gasteiger partial charge on any atom is -0.493 e. The maximum atomic E-state index is 13.4. The number of methoxy groups -OCH3 is 1. The molecule has 0 saturated carbocycles. The number of halogens is 1. The molecule has 2 fully saturated rings. The molecule has 2 aromatic rings. The van der Waals surface area contributed by atoms with Crippen LogP contribution in [0, 0.1) is 5.82 Å². The molecule has 2 aliphatic heterocycles. The van der Waals surface area contributed by atoms with Crippen molar-refractivity contribution < 1.29 is 33.0 Å². The number of rotatable bonds is 6. The first-order valence-corrected chi connectivity index (χ1v) is 11.4. The molecule has 176 valence electrons. The standard InChI is InChI=1S/C24H21FN2O6S/c1-32-19-11-15(7-8-18(19)33-23(30)16-5-4-6-17(25)13-16)12-20-22(29)27(24(31)34-20)14-21(28)26-9-2-3-10-26/h4-8,11-13H,2-3,9-10,14H2,1H3/b20-12-. The summed E-state index contributed by atoms with van der Waals surface area (Å²) in [4.78, 5) is 52.5. The zero-order valence-corrected chi connectivity index (χ0v) is 19.1. The summed E-state index contributed by atoms with van der Waals surface area (Å²) in [5.74, 6) is -1.78. The second kappa shape index (κ2) is 10.1. The molecule has 2 saturated heterocycles. The van der Waals surface area contributed by atoms with Crippen LogP contribution < -0.4 is 9.47 Å². The maximum Gasteiger partial charge on any atom is 0.343 e. The highest BCUT2D eigenvalue weighted by Gasteiger charge is 2.37. The molecule has 0 N–H and O–H groups in total. The summed E-state index contributed by atoms with van der Waals surface area (Å²) < 4.78 is 24.0. The lowest BCUT2D eigenvalue weighted by Gasteiger charge is -2.18. The molecular formula is C24H21FN2O6S. The van der Waals surface area contributed by atoms with Gasteiger partial charge in [0.1, 0.15) is 12.4 Å².